The maximum absolute atomic E-state index is 10.2. The summed E-state index contributed by atoms with van der Waals surface area (Å²) < 4.78 is 4.86. The van der Waals surface area contributed by atoms with Gasteiger partial charge in [-0.25, -0.2) is 4.79 Å². The normalized spacial score (nSPS) is 8.88. The number of nitrogens with two attached hydrogens (primary N) is 1. The highest BCUT2D eigenvalue weighted by molar-refractivity contribution is 6.35. The van der Waals surface area contributed by atoms with Gasteiger partial charge in [0.05, 0.1) is 5.02 Å². The van der Waals surface area contributed by atoms with E-state index >= 15 is 0 Å². The molecule has 5 nitrogen and oxygen atoms in total. The van der Waals surface area contributed by atoms with Crippen molar-refractivity contribution in [2.24, 2.45) is 5.73 Å². The summed E-state index contributed by atoms with van der Waals surface area (Å²) in [6.45, 7) is 0.890. The van der Waals surface area contributed by atoms with Crippen molar-refractivity contribution in [1.29, 1.82) is 0 Å². The molecule has 0 radical (unpaired) electrons. The van der Waals surface area contributed by atoms with Gasteiger partial charge in [0.1, 0.15) is 5.75 Å². The first-order valence-electron chi connectivity index (χ1n) is 4.38. The van der Waals surface area contributed by atoms with Crippen molar-refractivity contribution in [1.82, 2.24) is 0 Å². The molecule has 0 aliphatic heterocycles. The first kappa shape index (κ1) is 15.5. The van der Waals surface area contributed by atoms with E-state index in [2.05, 4.69) is 5.73 Å². The van der Waals surface area contributed by atoms with Gasteiger partial charge in [0.15, 0.2) is 6.61 Å². The van der Waals surface area contributed by atoms with Gasteiger partial charge in [-0.1, -0.05) is 23.2 Å². The molecule has 0 saturated carbocycles. The highest BCUT2D eigenvalue weighted by Crippen LogP contribution is 2.27. The number of rotatable bonds is 3. The lowest BCUT2D eigenvalue weighted by atomic mass is 10.3. The molecule has 0 fully saturated rings. The molecule has 1 amide bonds. The van der Waals surface area contributed by atoms with Crippen molar-refractivity contribution in [2.45, 2.75) is 6.92 Å². The van der Waals surface area contributed by atoms with E-state index in [4.69, 9.17) is 33.0 Å². The second kappa shape index (κ2) is 7.76. The molecule has 1 aromatic carbocycles. The summed E-state index contributed by atoms with van der Waals surface area (Å²) in [5.41, 5.74) is 4.47. The van der Waals surface area contributed by atoms with E-state index in [0.29, 0.717) is 15.8 Å². The van der Waals surface area contributed by atoms with Crippen LogP contribution in [0.3, 0.4) is 0 Å². The Labute approximate surface area is 108 Å². The summed E-state index contributed by atoms with van der Waals surface area (Å²) in [5.74, 6) is -1.07. The van der Waals surface area contributed by atoms with Crippen LogP contribution in [-0.4, -0.2) is 23.6 Å². The van der Waals surface area contributed by atoms with Crippen LogP contribution in [0, 0.1) is 0 Å². The van der Waals surface area contributed by atoms with Crippen LogP contribution in [0.25, 0.3) is 0 Å². The lowest BCUT2D eigenvalue weighted by molar-refractivity contribution is -0.139. The third-order valence-corrected chi connectivity index (χ3v) is 1.78. The summed E-state index contributed by atoms with van der Waals surface area (Å²) in [5, 5.41) is 9.11. The van der Waals surface area contributed by atoms with Gasteiger partial charge in [0.25, 0.3) is 0 Å². The molecule has 0 aliphatic rings. The Hall–Kier alpha value is -1.46. The fraction of sp³-hybridized carbons (Fsp3) is 0.200. The van der Waals surface area contributed by atoms with Gasteiger partial charge in [-0.3, -0.25) is 4.79 Å². The Morgan fingerprint density at radius 1 is 1.41 bits per heavy atom. The van der Waals surface area contributed by atoms with Gasteiger partial charge in [-0.15, -0.1) is 0 Å². The summed E-state index contributed by atoms with van der Waals surface area (Å²) in [4.78, 5) is 19.4. The zero-order valence-corrected chi connectivity index (χ0v) is 10.5. The molecular weight excluding hydrogens is 269 g/mol. The van der Waals surface area contributed by atoms with Gasteiger partial charge >= 0.3 is 5.97 Å². The molecule has 0 aliphatic carbocycles. The first-order chi connectivity index (χ1) is 7.82. The number of carbonyl (C=O) groups excluding carboxylic acids is 1. The van der Waals surface area contributed by atoms with Gasteiger partial charge in [0, 0.05) is 11.9 Å². The molecule has 94 valence electrons. The number of benzene rings is 1. The number of amides is 1. The van der Waals surface area contributed by atoms with E-state index in [1.54, 1.807) is 6.07 Å². The monoisotopic (exact) mass is 279 g/mol. The maximum atomic E-state index is 10.2. The Kier molecular flexibility index (Phi) is 7.09. The average molecular weight is 280 g/mol. The van der Waals surface area contributed by atoms with E-state index in [0.717, 1.165) is 0 Å². The summed E-state index contributed by atoms with van der Waals surface area (Å²) in [6.07, 6.45) is 0. The molecule has 17 heavy (non-hydrogen) atoms. The number of aliphatic carboxylic acids is 1. The van der Waals surface area contributed by atoms with Crippen LogP contribution >= 0.6 is 23.2 Å². The fourth-order valence-electron chi connectivity index (χ4n) is 0.732. The van der Waals surface area contributed by atoms with Crippen molar-refractivity contribution in [3.05, 3.63) is 28.2 Å². The molecule has 0 unspecified atom stereocenters. The van der Waals surface area contributed by atoms with Crippen LogP contribution in [0.1, 0.15) is 6.92 Å². The van der Waals surface area contributed by atoms with E-state index in [-0.39, 0.29) is 5.91 Å². The Bertz CT molecular complexity index is 405. The molecule has 1 rings (SSSR count). The fourth-order valence-corrected chi connectivity index (χ4v) is 1.19. The molecular formula is C10H11Cl2NO4. The molecule has 0 atom stereocenters. The third-order valence-electron chi connectivity index (χ3n) is 1.25. The predicted molar refractivity (Wildman–Crippen MR) is 64.5 cm³/mol. The van der Waals surface area contributed by atoms with Gasteiger partial charge in [0.2, 0.25) is 5.91 Å². The number of carbonyl (C=O) groups is 2. The van der Waals surface area contributed by atoms with Crippen molar-refractivity contribution < 1.29 is 19.4 Å². The highest BCUT2D eigenvalue weighted by Gasteiger charge is 2.04. The number of ether oxygens (including phenoxy) is 1. The number of hydrogen-bond acceptors (Lipinski definition) is 3. The average Bonchev–Trinajstić information content (AvgIpc) is 2.15. The SMILES string of the molecule is CC(N)=O.O=C(O)COc1ccc(Cl)cc1Cl. The van der Waals surface area contributed by atoms with Gasteiger partial charge < -0.3 is 15.6 Å². The Morgan fingerprint density at radius 2 is 1.94 bits per heavy atom. The smallest absolute Gasteiger partial charge is 0.341 e. The van der Waals surface area contributed by atoms with E-state index in [1.165, 1.54) is 19.1 Å². The molecule has 3 N–H and O–H groups in total. The van der Waals surface area contributed by atoms with Crippen LogP contribution in [0.5, 0.6) is 5.75 Å². The number of halogens is 2. The number of carboxylic acids is 1. The number of carboxylic acid groups (broad SMARTS) is 1. The van der Waals surface area contributed by atoms with Crippen LogP contribution < -0.4 is 10.5 Å². The molecule has 0 spiro atoms. The predicted octanol–water partition coefficient (Wildman–Crippen LogP) is 1.95. The maximum Gasteiger partial charge on any atom is 0.341 e. The van der Waals surface area contributed by atoms with Crippen molar-refractivity contribution in [3.8, 4) is 5.75 Å². The van der Waals surface area contributed by atoms with Crippen molar-refractivity contribution in [3.63, 3.8) is 0 Å². The molecule has 0 saturated heterocycles. The van der Waals surface area contributed by atoms with Crippen LogP contribution in [0.4, 0.5) is 0 Å². The third kappa shape index (κ3) is 8.36. The van der Waals surface area contributed by atoms with Crippen molar-refractivity contribution >= 4 is 35.1 Å². The van der Waals surface area contributed by atoms with Crippen LogP contribution in [0.2, 0.25) is 10.0 Å². The topological polar surface area (TPSA) is 89.6 Å². The molecule has 0 bridgehead atoms. The molecule has 0 heterocycles. The molecule has 1 aromatic rings. The largest absolute Gasteiger partial charge is 0.480 e. The second-order valence-corrected chi connectivity index (χ2v) is 3.71. The van der Waals surface area contributed by atoms with Crippen LogP contribution in [0.15, 0.2) is 18.2 Å². The molecule has 7 heteroatoms. The van der Waals surface area contributed by atoms with Crippen molar-refractivity contribution in [2.75, 3.05) is 6.61 Å². The molecule has 0 aromatic heterocycles. The minimum Gasteiger partial charge on any atom is -0.480 e. The van der Waals surface area contributed by atoms with Crippen LogP contribution in [-0.2, 0) is 9.59 Å². The highest BCUT2D eigenvalue weighted by atomic mass is 35.5. The van der Waals surface area contributed by atoms with E-state index in [1.807, 2.05) is 0 Å². The quantitative estimate of drug-likeness (QED) is 0.885. The van der Waals surface area contributed by atoms with E-state index < -0.39 is 12.6 Å². The standard InChI is InChI=1S/C8H6Cl2O3.C2H5NO/c9-5-1-2-7(6(10)3-5)13-4-8(11)12;1-2(3)4/h1-3H,4H2,(H,11,12);1H3,(H2,3,4). The first-order valence-corrected chi connectivity index (χ1v) is 5.14. The van der Waals surface area contributed by atoms with Gasteiger partial charge in [-0.05, 0) is 18.2 Å². The van der Waals surface area contributed by atoms with E-state index in [9.17, 15) is 9.59 Å². The summed E-state index contributed by atoms with van der Waals surface area (Å²) in [6, 6.07) is 4.58. The minimum absolute atomic E-state index is 0.300. The lowest BCUT2D eigenvalue weighted by Gasteiger charge is -2.04. The summed E-state index contributed by atoms with van der Waals surface area (Å²) in [7, 11) is 0. The van der Waals surface area contributed by atoms with Gasteiger partial charge in [-0.2, -0.15) is 0 Å². The Balaban J connectivity index is 0.000000557. The number of primary amides is 1. The Morgan fingerprint density at radius 3 is 2.35 bits per heavy atom. The zero-order chi connectivity index (χ0) is 13.4. The second-order valence-electron chi connectivity index (χ2n) is 2.87. The zero-order valence-electron chi connectivity index (χ0n) is 8.94. The number of hydrogen-bond donors (Lipinski definition) is 2. The lowest BCUT2D eigenvalue weighted by Crippen LogP contribution is -2.09. The minimum atomic E-state index is -1.05. The summed E-state index contributed by atoms with van der Waals surface area (Å²) >= 11 is 11.3.